The summed E-state index contributed by atoms with van der Waals surface area (Å²) in [5.74, 6) is 0.963. The van der Waals surface area contributed by atoms with E-state index in [2.05, 4.69) is 19.9 Å². The second-order valence-electron chi connectivity index (χ2n) is 2.75. The molecule has 0 aliphatic heterocycles. The van der Waals surface area contributed by atoms with Crippen LogP contribution in [0.2, 0.25) is 0 Å². The topological polar surface area (TPSA) is 9.23 Å². The summed E-state index contributed by atoms with van der Waals surface area (Å²) >= 11 is 0. The van der Waals surface area contributed by atoms with Crippen molar-refractivity contribution in [1.82, 2.24) is 0 Å². The number of methoxy groups -OCH3 is 1. The molecule has 0 bridgehead atoms. The van der Waals surface area contributed by atoms with Crippen LogP contribution in [0.15, 0.2) is 6.07 Å². The Morgan fingerprint density at radius 1 is 1.27 bits per heavy atom. The zero-order valence-corrected chi connectivity index (χ0v) is 7.49. The van der Waals surface area contributed by atoms with E-state index in [0.29, 0.717) is 0 Å². The minimum atomic E-state index is 0.963. The van der Waals surface area contributed by atoms with Crippen LogP contribution in [0.25, 0.3) is 0 Å². The van der Waals surface area contributed by atoms with Gasteiger partial charge < -0.3 is 4.74 Å². The van der Waals surface area contributed by atoms with Crippen molar-refractivity contribution in [2.75, 3.05) is 7.11 Å². The number of rotatable bonds is 1. The molecule has 11 heavy (non-hydrogen) atoms. The van der Waals surface area contributed by atoms with Gasteiger partial charge in [0.1, 0.15) is 5.75 Å². The number of ether oxygens (including phenoxy) is 1. The highest BCUT2D eigenvalue weighted by atomic mass is 16.5. The molecule has 0 heterocycles. The molecule has 0 saturated carbocycles. The number of hydrogen-bond donors (Lipinski definition) is 0. The van der Waals surface area contributed by atoms with Crippen LogP contribution in [0.3, 0.4) is 0 Å². The third kappa shape index (κ3) is 1.37. The van der Waals surface area contributed by atoms with Crippen LogP contribution in [0.5, 0.6) is 5.75 Å². The van der Waals surface area contributed by atoms with Crippen molar-refractivity contribution in [3.05, 3.63) is 28.8 Å². The lowest BCUT2D eigenvalue weighted by Crippen LogP contribution is -1.92. The van der Waals surface area contributed by atoms with Crippen LogP contribution in [-0.2, 0) is 0 Å². The van der Waals surface area contributed by atoms with E-state index < -0.39 is 0 Å². The SMILES string of the molecule is COc1c(C)[c]cc(C)c1C. The summed E-state index contributed by atoms with van der Waals surface area (Å²) in [5.41, 5.74) is 3.52. The largest absolute Gasteiger partial charge is 0.496 e. The molecule has 1 radical (unpaired) electrons. The molecule has 0 aromatic heterocycles. The van der Waals surface area contributed by atoms with Gasteiger partial charge in [-0.15, -0.1) is 0 Å². The van der Waals surface area contributed by atoms with Gasteiger partial charge >= 0.3 is 0 Å². The van der Waals surface area contributed by atoms with E-state index >= 15 is 0 Å². The normalized spacial score (nSPS) is 9.82. The van der Waals surface area contributed by atoms with Gasteiger partial charge in [-0.25, -0.2) is 0 Å². The predicted molar refractivity (Wildman–Crippen MR) is 46.0 cm³/mol. The molecule has 0 amide bonds. The van der Waals surface area contributed by atoms with Crippen molar-refractivity contribution in [3.8, 4) is 5.75 Å². The number of hydrogen-bond acceptors (Lipinski definition) is 1. The summed E-state index contributed by atoms with van der Waals surface area (Å²) in [7, 11) is 1.70. The van der Waals surface area contributed by atoms with Crippen LogP contribution in [-0.4, -0.2) is 7.11 Å². The molecular formula is C10H13O. The Bertz CT molecular complexity index is 264. The summed E-state index contributed by atoms with van der Waals surface area (Å²) in [6.07, 6.45) is 0. The van der Waals surface area contributed by atoms with Crippen molar-refractivity contribution in [3.63, 3.8) is 0 Å². The molecule has 0 atom stereocenters. The summed E-state index contributed by atoms with van der Waals surface area (Å²) in [6.45, 7) is 6.13. The van der Waals surface area contributed by atoms with E-state index in [1.165, 1.54) is 11.1 Å². The molecule has 1 aromatic carbocycles. The molecule has 59 valence electrons. The zero-order valence-electron chi connectivity index (χ0n) is 7.49. The molecule has 0 fully saturated rings. The molecule has 0 N–H and O–H groups in total. The van der Waals surface area contributed by atoms with Crippen LogP contribution < -0.4 is 4.74 Å². The van der Waals surface area contributed by atoms with Gasteiger partial charge in [-0.3, -0.25) is 0 Å². The molecular weight excluding hydrogens is 136 g/mol. The smallest absolute Gasteiger partial charge is 0.125 e. The lowest BCUT2D eigenvalue weighted by Gasteiger charge is -2.09. The van der Waals surface area contributed by atoms with E-state index in [9.17, 15) is 0 Å². The van der Waals surface area contributed by atoms with Crippen molar-refractivity contribution in [1.29, 1.82) is 0 Å². The van der Waals surface area contributed by atoms with Crippen molar-refractivity contribution in [2.45, 2.75) is 20.8 Å². The summed E-state index contributed by atoms with van der Waals surface area (Å²) in [5, 5.41) is 0. The highest BCUT2D eigenvalue weighted by molar-refractivity contribution is 5.43. The minimum absolute atomic E-state index is 0.963. The van der Waals surface area contributed by atoms with Gasteiger partial charge in [0.2, 0.25) is 0 Å². The average molecular weight is 149 g/mol. The van der Waals surface area contributed by atoms with Gasteiger partial charge in [-0.2, -0.15) is 0 Å². The van der Waals surface area contributed by atoms with E-state index in [1.54, 1.807) is 7.11 Å². The predicted octanol–water partition coefficient (Wildman–Crippen LogP) is 2.42. The van der Waals surface area contributed by atoms with Crippen LogP contribution in [0, 0.1) is 26.8 Å². The average Bonchev–Trinajstić information content (AvgIpc) is 1.99. The molecule has 1 nitrogen and oxygen atoms in total. The van der Waals surface area contributed by atoms with Gasteiger partial charge in [-0.05, 0) is 43.5 Å². The Morgan fingerprint density at radius 3 is 2.36 bits per heavy atom. The third-order valence-electron chi connectivity index (χ3n) is 1.98. The second kappa shape index (κ2) is 2.95. The molecule has 0 aliphatic carbocycles. The zero-order chi connectivity index (χ0) is 8.43. The summed E-state index contributed by atoms with van der Waals surface area (Å²) in [4.78, 5) is 0. The van der Waals surface area contributed by atoms with Crippen molar-refractivity contribution < 1.29 is 4.74 Å². The first kappa shape index (κ1) is 8.12. The first-order chi connectivity index (χ1) is 5.16. The van der Waals surface area contributed by atoms with E-state index in [1.807, 2.05) is 13.0 Å². The quantitative estimate of drug-likeness (QED) is 0.595. The van der Waals surface area contributed by atoms with Crippen LogP contribution in [0.4, 0.5) is 0 Å². The van der Waals surface area contributed by atoms with Gasteiger partial charge in [0, 0.05) is 0 Å². The van der Waals surface area contributed by atoms with Crippen molar-refractivity contribution >= 4 is 0 Å². The molecule has 1 aromatic rings. The maximum atomic E-state index is 5.23. The number of benzene rings is 1. The Balaban J connectivity index is 3.29. The second-order valence-corrected chi connectivity index (χ2v) is 2.75. The van der Waals surface area contributed by atoms with Gasteiger partial charge in [0.25, 0.3) is 0 Å². The monoisotopic (exact) mass is 149 g/mol. The highest BCUT2D eigenvalue weighted by Crippen LogP contribution is 2.24. The van der Waals surface area contributed by atoms with Gasteiger partial charge in [0.15, 0.2) is 0 Å². The Morgan fingerprint density at radius 2 is 1.91 bits per heavy atom. The van der Waals surface area contributed by atoms with Gasteiger partial charge in [-0.1, -0.05) is 6.07 Å². The number of aryl methyl sites for hydroxylation is 2. The summed E-state index contributed by atoms with van der Waals surface area (Å²) in [6, 6.07) is 5.13. The van der Waals surface area contributed by atoms with Crippen molar-refractivity contribution in [2.24, 2.45) is 0 Å². The molecule has 0 saturated heterocycles. The highest BCUT2D eigenvalue weighted by Gasteiger charge is 2.03. The molecule has 1 rings (SSSR count). The van der Waals surface area contributed by atoms with E-state index in [-0.39, 0.29) is 0 Å². The fraction of sp³-hybridized carbons (Fsp3) is 0.400. The van der Waals surface area contributed by atoms with Gasteiger partial charge in [0.05, 0.1) is 7.11 Å². The van der Waals surface area contributed by atoms with E-state index in [0.717, 1.165) is 11.3 Å². The summed E-state index contributed by atoms with van der Waals surface area (Å²) < 4.78 is 5.23. The van der Waals surface area contributed by atoms with Crippen LogP contribution in [0.1, 0.15) is 16.7 Å². The molecule has 1 heteroatoms. The standard InChI is InChI=1S/C10H13O/c1-7-5-6-8(2)10(11-4)9(7)3/h5H,1-4H3. The van der Waals surface area contributed by atoms with E-state index in [4.69, 9.17) is 4.74 Å². The Hall–Kier alpha value is -0.980. The first-order valence-electron chi connectivity index (χ1n) is 3.69. The molecule has 0 aliphatic rings. The first-order valence-corrected chi connectivity index (χ1v) is 3.69. The lowest BCUT2D eigenvalue weighted by atomic mass is 10.1. The Kier molecular flexibility index (Phi) is 2.18. The fourth-order valence-corrected chi connectivity index (χ4v) is 1.16. The minimum Gasteiger partial charge on any atom is -0.496 e. The maximum Gasteiger partial charge on any atom is 0.125 e. The Labute approximate surface area is 68.0 Å². The fourth-order valence-electron chi connectivity index (χ4n) is 1.16. The molecule has 0 spiro atoms. The third-order valence-corrected chi connectivity index (χ3v) is 1.98. The maximum absolute atomic E-state index is 5.23. The van der Waals surface area contributed by atoms with Crippen LogP contribution >= 0.6 is 0 Å². The molecule has 0 unspecified atom stereocenters. The lowest BCUT2D eigenvalue weighted by molar-refractivity contribution is 0.408.